The Bertz CT molecular complexity index is 281. The molecule has 4 heteroatoms. The molecule has 0 radical (unpaired) electrons. The maximum absolute atomic E-state index is 11.3. The van der Waals surface area contributed by atoms with Gasteiger partial charge in [-0.2, -0.15) is 0 Å². The fourth-order valence-corrected chi connectivity index (χ4v) is 0.916. The minimum Gasteiger partial charge on any atom is -0.361 e. The van der Waals surface area contributed by atoms with E-state index >= 15 is 0 Å². The first-order valence-electron chi connectivity index (χ1n) is 4.51. The van der Waals surface area contributed by atoms with Crippen LogP contribution in [0.5, 0.6) is 0 Å². The second-order valence-corrected chi connectivity index (χ2v) is 2.79. The second-order valence-electron chi connectivity index (χ2n) is 2.79. The van der Waals surface area contributed by atoms with E-state index in [1.54, 1.807) is 6.07 Å². The summed E-state index contributed by atoms with van der Waals surface area (Å²) in [6.45, 7) is 4.63. The molecule has 1 rings (SSSR count). The number of amides is 1. The highest BCUT2D eigenvalue weighted by molar-refractivity contribution is 5.92. The lowest BCUT2D eigenvalue weighted by atomic mass is 10.3. The molecule has 0 saturated carbocycles. The largest absolute Gasteiger partial charge is 0.361 e. The van der Waals surface area contributed by atoms with Crippen molar-refractivity contribution in [2.24, 2.45) is 0 Å². The number of nitrogens with one attached hydrogen (secondary N) is 1. The Labute approximate surface area is 77.3 Å². The summed E-state index contributed by atoms with van der Waals surface area (Å²) in [5.41, 5.74) is 0.366. The van der Waals surface area contributed by atoms with Gasteiger partial charge in [0.15, 0.2) is 5.69 Å². The van der Waals surface area contributed by atoms with Crippen molar-refractivity contribution in [1.29, 1.82) is 0 Å². The topological polar surface area (TPSA) is 55.1 Å². The van der Waals surface area contributed by atoms with Crippen LogP contribution in [0.2, 0.25) is 0 Å². The lowest BCUT2D eigenvalue weighted by Crippen LogP contribution is -2.24. The van der Waals surface area contributed by atoms with Gasteiger partial charge in [-0.05, 0) is 6.42 Å². The quantitative estimate of drug-likeness (QED) is 0.765. The summed E-state index contributed by atoms with van der Waals surface area (Å²) in [7, 11) is 0. The van der Waals surface area contributed by atoms with Crippen molar-refractivity contribution in [2.75, 3.05) is 6.54 Å². The number of carbonyl (C=O) groups is 1. The molecular formula is C9H14N2O2. The first-order chi connectivity index (χ1) is 6.27. The maximum atomic E-state index is 11.3. The van der Waals surface area contributed by atoms with E-state index in [0.717, 1.165) is 18.6 Å². The SMILES string of the molecule is CCCNC(=O)c1cc(CC)on1. The lowest BCUT2D eigenvalue weighted by Gasteiger charge is -1.97. The van der Waals surface area contributed by atoms with Gasteiger partial charge in [-0.1, -0.05) is 19.0 Å². The number of hydrogen-bond donors (Lipinski definition) is 1. The van der Waals surface area contributed by atoms with Crippen LogP contribution in [0.1, 0.15) is 36.5 Å². The van der Waals surface area contributed by atoms with Gasteiger partial charge in [0.25, 0.3) is 5.91 Å². The number of carbonyl (C=O) groups excluding carboxylic acids is 1. The van der Waals surface area contributed by atoms with E-state index in [1.165, 1.54) is 0 Å². The summed E-state index contributed by atoms with van der Waals surface area (Å²) in [4.78, 5) is 11.3. The molecule has 1 aromatic rings. The number of nitrogens with zero attached hydrogens (tertiary/aromatic N) is 1. The molecule has 0 aromatic carbocycles. The Morgan fingerprint density at radius 2 is 2.38 bits per heavy atom. The monoisotopic (exact) mass is 182 g/mol. The molecule has 1 N–H and O–H groups in total. The van der Waals surface area contributed by atoms with Crippen LogP contribution in [-0.2, 0) is 6.42 Å². The summed E-state index contributed by atoms with van der Waals surface area (Å²) in [5.74, 6) is 0.576. The highest BCUT2D eigenvalue weighted by Gasteiger charge is 2.09. The molecule has 0 atom stereocenters. The van der Waals surface area contributed by atoms with Crippen LogP contribution in [0.4, 0.5) is 0 Å². The lowest BCUT2D eigenvalue weighted by molar-refractivity contribution is 0.0944. The smallest absolute Gasteiger partial charge is 0.273 e. The highest BCUT2D eigenvalue weighted by atomic mass is 16.5. The predicted molar refractivity (Wildman–Crippen MR) is 48.5 cm³/mol. The summed E-state index contributed by atoms with van der Waals surface area (Å²) < 4.78 is 4.90. The Morgan fingerprint density at radius 3 is 2.92 bits per heavy atom. The fourth-order valence-electron chi connectivity index (χ4n) is 0.916. The summed E-state index contributed by atoms with van der Waals surface area (Å²) in [6, 6.07) is 1.67. The summed E-state index contributed by atoms with van der Waals surface area (Å²) >= 11 is 0. The van der Waals surface area contributed by atoms with Crippen LogP contribution < -0.4 is 5.32 Å². The zero-order valence-electron chi connectivity index (χ0n) is 7.96. The third-order valence-electron chi connectivity index (χ3n) is 1.68. The third kappa shape index (κ3) is 2.57. The minimum atomic E-state index is -0.162. The standard InChI is InChI=1S/C9H14N2O2/c1-3-5-10-9(12)8-6-7(4-2)13-11-8/h6H,3-5H2,1-2H3,(H,10,12). The molecule has 0 unspecified atom stereocenters. The van der Waals surface area contributed by atoms with Gasteiger partial charge in [-0.25, -0.2) is 0 Å². The average Bonchev–Trinajstić information content (AvgIpc) is 2.62. The van der Waals surface area contributed by atoms with Crippen LogP contribution in [0.3, 0.4) is 0 Å². The molecule has 0 fully saturated rings. The Balaban J connectivity index is 2.55. The Morgan fingerprint density at radius 1 is 1.62 bits per heavy atom. The maximum Gasteiger partial charge on any atom is 0.273 e. The molecule has 1 amide bonds. The van der Waals surface area contributed by atoms with Gasteiger partial charge in [0.2, 0.25) is 0 Å². The second kappa shape index (κ2) is 4.64. The molecule has 0 aliphatic rings. The van der Waals surface area contributed by atoms with Crippen LogP contribution in [0.25, 0.3) is 0 Å². The van der Waals surface area contributed by atoms with Gasteiger partial charge in [0, 0.05) is 19.0 Å². The molecular weight excluding hydrogens is 168 g/mol. The molecule has 0 aliphatic heterocycles. The molecule has 4 nitrogen and oxygen atoms in total. The van der Waals surface area contributed by atoms with E-state index < -0.39 is 0 Å². The van der Waals surface area contributed by atoms with Gasteiger partial charge in [0.1, 0.15) is 5.76 Å². The molecule has 1 heterocycles. The van der Waals surface area contributed by atoms with Crippen molar-refractivity contribution in [1.82, 2.24) is 10.5 Å². The van der Waals surface area contributed by atoms with Crippen LogP contribution in [0.15, 0.2) is 10.6 Å². The van der Waals surface area contributed by atoms with E-state index in [-0.39, 0.29) is 5.91 Å². The molecule has 13 heavy (non-hydrogen) atoms. The molecule has 72 valence electrons. The number of rotatable bonds is 4. The first kappa shape index (κ1) is 9.77. The normalized spacial score (nSPS) is 10.0. The van der Waals surface area contributed by atoms with Gasteiger partial charge >= 0.3 is 0 Å². The van der Waals surface area contributed by atoms with Gasteiger partial charge in [0.05, 0.1) is 0 Å². The van der Waals surface area contributed by atoms with Gasteiger partial charge in [-0.15, -0.1) is 0 Å². The molecule has 0 aliphatic carbocycles. The van der Waals surface area contributed by atoms with Crippen molar-refractivity contribution in [3.8, 4) is 0 Å². The van der Waals surface area contributed by atoms with Crippen molar-refractivity contribution in [3.63, 3.8) is 0 Å². The van der Waals surface area contributed by atoms with Crippen molar-refractivity contribution in [3.05, 3.63) is 17.5 Å². The molecule has 0 bridgehead atoms. The van der Waals surface area contributed by atoms with E-state index in [1.807, 2.05) is 13.8 Å². The average molecular weight is 182 g/mol. The van der Waals surface area contributed by atoms with Crippen LogP contribution in [-0.4, -0.2) is 17.6 Å². The number of aromatic nitrogens is 1. The molecule has 0 spiro atoms. The zero-order valence-corrected chi connectivity index (χ0v) is 7.96. The Kier molecular flexibility index (Phi) is 3.49. The van der Waals surface area contributed by atoms with Crippen LogP contribution >= 0.6 is 0 Å². The van der Waals surface area contributed by atoms with E-state index in [4.69, 9.17) is 4.52 Å². The molecule has 1 aromatic heterocycles. The summed E-state index contributed by atoms with van der Waals surface area (Å²) in [5, 5.41) is 6.38. The van der Waals surface area contributed by atoms with Gasteiger partial charge in [-0.3, -0.25) is 4.79 Å². The zero-order chi connectivity index (χ0) is 9.68. The number of hydrogen-bond acceptors (Lipinski definition) is 3. The summed E-state index contributed by atoms with van der Waals surface area (Å²) in [6.07, 6.45) is 1.68. The molecule has 0 saturated heterocycles. The van der Waals surface area contributed by atoms with E-state index in [2.05, 4.69) is 10.5 Å². The van der Waals surface area contributed by atoms with Gasteiger partial charge < -0.3 is 9.84 Å². The van der Waals surface area contributed by atoms with E-state index in [0.29, 0.717) is 12.2 Å². The number of aryl methyl sites for hydroxylation is 1. The van der Waals surface area contributed by atoms with Crippen LogP contribution in [0, 0.1) is 0 Å². The third-order valence-corrected chi connectivity index (χ3v) is 1.68. The first-order valence-corrected chi connectivity index (χ1v) is 4.51. The van der Waals surface area contributed by atoms with Crippen molar-refractivity contribution >= 4 is 5.91 Å². The predicted octanol–water partition coefficient (Wildman–Crippen LogP) is 1.38. The minimum absolute atomic E-state index is 0.162. The van der Waals surface area contributed by atoms with Crippen molar-refractivity contribution < 1.29 is 9.32 Å². The highest BCUT2D eigenvalue weighted by Crippen LogP contribution is 2.03. The van der Waals surface area contributed by atoms with Crippen molar-refractivity contribution in [2.45, 2.75) is 26.7 Å². The van der Waals surface area contributed by atoms with E-state index in [9.17, 15) is 4.79 Å². The fraction of sp³-hybridized carbons (Fsp3) is 0.556. The Hall–Kier alpha value is -1.32.